The molecule has 1 rings (SSSR count). The first kappa shape index (κ1) is 19.2. The zero-order valence-corrected chi connectivity index (χ0v) is 15.1. The molecular weight excluding hydrogens is 284 g/mol. The van der Waals surface area contributed by atoms with E-state index in [4.69, 9.17) is 5.11 Å². The SMILES string of the molecule is CCC1=C(C=CC(C)=CC=CC(C)=CC(=O)O)C(C)(C)CCC1. The van der Waals surface area contributed by atoms with Crippen molar-refractivity contribution in [2.45, 2.75) is 60.3 Å². The largest absolute Gasteiger partial charge is 0.478 e. The zero-order chi connectivity index (χ0) is 17.5. The Labute approximate surface area is 141 Å². The van der Waals surface area contributed by atoms with Crippen molar-refractivity contribution in [3.63, 3.8) is 0 Å². The summed E-state index contributed by atoms with van der Waals surface area (Å²) in [6.07, 6.45) is 16.3. The third kappa shape index (κ3) is 6.43. The van der Waals surface area contributed by atoms with Crippen LogP contribution in [0, 0.1) is 5.41 Å². The van der Waals surface area contributed by atoms with Gasteiger partial charge in [-0.25, -0.2) is 4.79 Å². The molecule has 23 heavy (non-hydrogen) atoms. The van der Waals surface area contributed by atoms with Crippen LogP contribution in [0.3, 0.4) is 0 Å². The monoisotopic (exact) mass is 314 g/mol. The number of hydrogen-bond donors (Lipinski definition) is 1. The molecule has 126 valence electrons. The average Bonchev–Trinajstić information content (AvgIpc) is 2.44. The second-order valence-corrected chi connectivity index (χ2v) is 6.94. The Morgan fingerprint density at radius 3 is 2.52 bits per heavy atom. The molecule has 0 amide bonds. The summed E-state index contributed by atoms with van der Waals surface area (Å²) >= 11 is 0. The van der Waals surface area contributed by atoms with Crippen LogP contribution in [0.1, 0.15) is 60.3 Å². The van der Waals surface area contributed by atoms with E-state index in [2.05, 4.69) is 39.8 Å². The van der Waals surface area contributed by atoms with Crippen molar-refractivity contribution in [1.29, 1.82) is 0 Å². The van der Waals surface area contributed by atoms with Crippen LogP contribution in [0.4, 0.5) is 0 Å². The van der Waals surface area contributed by atoms with E-state index in [1.165, 1.54) is 30.9 Å². The average molecular weight is 314 g/mol. The maximum atomic E-state index is 10.6. The third-order valence-electron chi connectivity index (χ3n) is 4.40. The number of carbonyl (C=O) groups is 1. The molecule has 0 aromatic heterocycles. The van der Waals surface area contributed by atoms with Gasteiger partial charge in [-0.15, -0.1) is 0 Å². The second kappa shape index (κ2) is 8.71. The van der Waals surface area contributed by atoms with E-state index in [-0.39, 0.29) is 5.41 Å². The Kier molecular flexibility index (Phi) is 7.28. The molecule has 0 aromatic carbocycles. The molecule has 0 bridgehead atoms. The lowest BCUT2D eigenvalue weighted by atomic mass is 9.71. The van der Waals surface area contributed by atoms with Gasteiger partial charge in [-0.05, 0) is 56.1 Å². The standard InChI is InChI=1S/C21H30O2/c1-6-18-11-8-14-21(4,5)19(18)13-12-16(2)9-7-10-17(3)15-20(22)23/h7,9-10,12-13,15H,6,8,11,14H2,1-5H3,(H,22,23). The number of aliphatic carboxylic acids is 1. The molecule has 1 N–H and O–H groups in total. The lowest BCUT2D eigenvalue weighted by Crippen LogP contribution is -2.19. The lowest BCUT2D eigenvalue weighted by Gasteiger charge is -2.33. The fourth-order valence-electron chi connectivity index (χ4n) is 3.07. The van der Waals surface area contributed by atoms with Gasteiger partial charge in [0, 0.05) is 6.08 Å². The van der Waals surface area contributed by atoms with Crippen LogP contribution in [0.15, 0.2) is 58.7 Å². The Hall–Kier alpha value is -1.83. The van der Waals surface area contributed by atoms with Gasteiger partial charge in [0.1, 0.15) is 0 Å². The first-order valence-corrected chi connectivity index (χ1v) is 8.43. The van der Waals surface area contributed by atoms with Gasteiger partial charge in [-0.1, -0.05) is 62.3 Å². The van der Waals surface area contributed by atoms with Crippen LogP contribution in [-0.2, 0) is 4.79 Å². The highest BCUT2D eigenvalue weighted by molar-refractivity contribution is 5.81. The number of carboxylic acid groups (broad SMARTS) is 1. The molecule has 0 spiro atoms. The van der Waals surface area contributed by atoms with Crippen molar-refractivity contribution < 1.29 is 9.90 Å². The first-order chi connectivity index (χ1) is 10.8. The topological polar surface area (TPSA) is 37.3 Å². The molecule has 0 saturated heterocycles. The van der Waals surface area contributed by atoms with Gasteiger partial charge in [0.15, 0.2) is 0 Å². The van der Waals surface area contributed by atoms with Gasteiger partial charge >= 0.3 is 5.97 Å². The summed E-state index contributed by atoms with van der Waals surface area (Å²) in [5.41, 5.74) is 5.23. The zero-order valence-electron chi connectivity index (χ0n) is 15.1. The third-order valence-corrected chi connectivity index (χ3v) is 4.40. The highest BCUT2D eigenvalue weighted by atomic mass is 16.4. The van der Waals surface area contributed by atoms with Crippen molar-refractivity contribution in [1.82, 2.24) is 0 Å². The molecule has 0 heterocycles. The van der Waals surface area contributed by atoms with Crippen LogP contribution >= 0.6 is 0 Å². The van der Waals surface area contributed by atoms with E-state index in [0.29, 0.717) is 0 Å². The molecule has 1 aliphatic rings. The first-order valence-electron chi connectivity index (χ1n) is 8.43. The van der Waals surface area contributed by atoms with Crippen molar-refractivity contribution >= 4 is 5.97 Å². The van der Waals surface area contributed by atoms with E-state index in [1.807, 2.05) is 18.2 Å². The molecule has 0 atom stereocenters. The van der Waals surface area contributed by atoms with E-state index >= 15 is 0 Å². The number of hydrogen-bond acceptors (Lipinski definition) is 1. The van der Waals surface area contributed by atoms with E-state index in [0.717, 1.165) is 17.6 Å². The van der Waals surface area contributed by atoms with Gasteiger partial charge in [-0.3, -0.25) is 0 Å². The van der Waals surface area contributed by atoms with Crippen molar-refractivity contribution in [2.24, 2.45) is 5.41 Å². The Morgan fingerprint density at radius 1 is 1.22 bits per heavy atom. The number of carboxylic acids is 1. The fraction of sp³-hybridized carbons (Fsp3) is 0.476. The highest BCUT2D eigenvalue weighted by Crippen LogP contribution is 2.41. The highest BCUT2D eigenvalue weighted by Gasteiger charge is 2.27. The quantitative estimate of drug-likeness (QED) is 0.483. The summed E-state index contributed by atoms with van der Waals surface area (Å²) < 4.78 is 0. The summed E-state index contributed by atoms with van der Waals surface area (Å²) in [4.78, 5) is 10.6. The summed E-state index contributed by atoms with van der Waals surface area (Å²) in [7, 11) is 0. The summed E-state index contributed by atoms with van der Waals surface area (Å²) in [5, 5.41) is 8.68. The maximum absolute atomic E-state index is 10.6. The van der Waals surface area contributed by atoms with Crippen molar-refractivity contribution in [3.8, 4) is 0 Å². The van der Waals surface area contributed by atoms with Gasteiger partial charge in [-0.2, -0.15) is 0 Å². The Balaban J connectivity index is 2.86. The maximum Gasteiger partial charge on any atom is 0.328 e. The second-order valence-electron chi connectivity index (χ2n) is 6.94. The normalized spacial score (nSPS) is 19.9. The van der Waals surface area contributed by atoms with Crippen LogP contribution in [-0.4, -0.2) is 11.1 Å². The predicted octanol–water partition coefficient (Wildman–Crippen LogP) is 5.99. The number of allylic oxidation sites excluding steroid dienone is 9. The molecule has 0 radical (unpaired) electrons. The minimum atomic E-state index is -0.911. The molecule has 0 unspecified atom stereocenters. The Morgan fingerprint density at radius 2 is 1.91 bits per heavy atom. The summed E-state index contributed by atoms with van der Waals surface area (Å²) in [5.74, 6) is -0.911. The van der Waals surface area contributed by atoms with Gasteiger partial charge < -0.3 is 5.11 Å². The van der Waals surface area contributed by atoms with Gasteiger partial charge in [0.25, 0.3) is 0 Å². The van der Waals surface area contributed by atoms with E-state index in [9.17, 15) is 4.79 Å². The molecule has 2 heteroatoms. The van der Waals surface area contributed by atoms with Crippen LogP contribution < -0.4 is 0 Å². The molecular formula is C21H30O2. The lowest BCUT2D eigenvalue weighted by molar-refractivity contribution is -0.131. The van der Waals surface area contributed by atoms with Crippen molar-refractivity contribution in [3.05, 3.63) is 58.7 Å². The molecule has 0 aromatic rings. The molecule has 0 aliphatic heterocycles. The summed E-state index contributed by atoms with van der Waals surface area (Å²) in [6.45, 7) is 10.8. The fourth-order valence-corrected chi connectivity index (χ4v) is 3.07. The van der Waals surface area contributed by atoms with E-state index in [1.54, 1.807) is 12.5 Å². The number of rotatable bonds is 6. The van der Waals surface area contributed by atoms with Crippen LogP contribution in [0.2, 0.25) is 0 Å². The van der Waals surface area contributed by atoms with Crippen molar-refractivity contribution in [2.75, 3.05) is 0 Å². The molecule has 1 aliphatic carbocycles. The predicted molar refractivity (Wildman–Crippen MR) is 98.4 cm³/mol. The van der Waals surface area contributed by atoms with Crippen LogP contribution in [0.5, 0.6) is 0 Å². The minimum Gasteiger partial charge on any atom is -0.478 e. The van der Waals surface area contributed by atoms with Gasteiger partial charge in [0.05, 0.1) is 0 Å². The molecule has 0 fully saturated rings. The summed E-state index contributed by atoms with van der Waals surface area (Å²) in [6, 6.07) is 0. The molecule has 0 saturated carbocycles. The van der Waals surface area contributed by atoms with Gasteiger partial charge in [0.2, 0.25) is 0 Å². The Bertz CT molecular complexity index is 581. The van der Waals surface area contributed by atoms with E-state index < -0.39 is 5.97 Å². The minimum absolute atomic E-state index is 0.261. The van der Waals surface area contributed by atoms with Crippen LogP contribution in [0.25, 0.3) is 0 Å². The molecule has 2 nitrogen and oxygen atoms in total. The smallest absolute Gasteiger partial charge is 0.328 e.